The first-order chi connectivity index (χ1) is 13.6. The summed E-state index contributed by atoms with van der Waals surface area (Å²) in [5.41, 5.74) is 1.05. The molecule has 1 N–H and O–H groups in total. The first-order valence-corrected chi connectivity index (χ1v) is 13.3. The summed E-state index contributed by atoms with van der Waals surface area (Å²) in [5, 5.41) is 10.1. The maximum absolute atomic E-state index is 10.1. The molecule has 0 spiro atoms. The lowest BCUT2D eigenvalue weighted by molar-refractivity contribution is -0.109. The van der Waals surface area contributed by atoms with Crippen LogP contribution in [0.25, 0.3) is 0 Å². The van der Waals surface area contributed by atoms with Crippen molar-refractivity contribution >= 4 is 0 Å². The van der Waals surface area contributed by atoms with Crippen molar-refractivity contribution in [2.24, 2.45) is 52.3 Å². The van der Waals surface area contributed by atoms with E-state index < -0.39 is 0 Å². The second kappa shape index (κ2) is 9.22. The molecule has 0 amide bonds. The zero-order chi connectivity index (χ0) is 21.4. The van der Waals surface area contributed by atoms with E-state index in [2.05, 4.69) is 41.5 Å². The van der Waals surface area contributed by atoms with E-state index in [1.807, 2.05) is 6.92 Å². The minimum absolute atomic E-state index is 0.140. The fourth-order valence-corrected chi connectivity index (χ4v) is 8.91. The van der Waals surface area contributed by atoms with Gasteiger partial charge in [-0.05, 0) is 104 Å². The Morgan fingerprint density at radius 3 is 2.24 bits per heavy atom. The highest BCUT2D eigenvalue weighted by Gasteiger charge is 2.59. The molecule has 0 radical (unpaired) electrons. The summed E-state index contributed by atoms with van der Waals surface area (Å²) in [7, 11) is 0. The zero-order valence-electron chi connectivity index (χ0n) is 20.8. The van der Waals surface area contributed by atoms with Crippen molar-refractivity contribution in [3.8, 4) is 0 Å². The Balaban J connectivity index is 1.72. The van der Waals surface area contributed by atoms with Crippen molar-refractivity contribution in [2.45, 2.75) is 125 Å². The number of aliphatic hydroxyl groups is 1. The molecule has 0 aromatic carbocycles. The maximum Gasteiger partial charge on any atom is 0.0515 e. The molecule has 3 aliphatic carbocycles. The molecule has 1 heteroatoms. The van der Waals surface area contributed by atoms with Gasteiger partial charge in [-0.15, -0.1) is 0 Å². The van der Waals surface area contributed by atoms with Gasteiger partial charge in [-0.3, -0.25) is 0 Å². The number of hydrogen-bond donors (Lipinski definition) is 1. The molecule has 1 nitrogen and oxygen atoms in total. The van der Waals surface area contributed by atoms with Crippen LogP contribution in [0.4, 0.5) is 0 Å². The van der Waals surface area contributed by atoms with E-state index in [9.17, 15) is 5.11 Å². The molecule has 0 bridgehead atoms. The second-order valence-electron chi connectivity index (χ2n) is 12.6. The van der Waals surface area contributed by atoms with Crippen LogP contribution in [0, 0.1) is 52.3 Å². The second-order valence-corrected chi connectivity index (χ2v) is 12.6. The van der Waals surface area contributed by atoms with Gasteiger partial charge in [0.05, 0.1) is 6.10 Å². The molecular formula is C28H52O. The average molecular weight is 405 g/mol. The number of fused-ring (bicyclic) bond motifs is 3. The topological polar surface area (TPSA) is 20.2 Å². The smallest absolute Gasteiger partial charge is 0.0515 e. The third kappa shape index (κ3) is 4.47. The number of aliphatic hydroxyl groups excluding tert-OH is 1. The summed E-state index contributed by atoms with van der Waals surface area (Å²) in [4.78, 5) is 0. The summed E-state index contributed by atoms with van der Waals surface area (Å²) in [6.45, 7) is 17.1. The lowest BCUT2D eigenvalue weighted by atomic mass is 9.45. The summed E-state index contributed by atoms with van der Waals surface area (Å²) < 4.78 is 0. The molecule has 170 valence electrons. The van der Waals surface area contributed by atoms with Gasteiger partial charge in [0.2, 0.25) is 0 Å². The first kappa shape index (κ1) is 23.6. The predicted octanol–water partition coefficient (Wildman–Crippen LogP) is 8.10. The fraction of sp³-hybridized carbons (Fsp3) is 1.00. The van der Waals surface area contributed by atoms with Crippen molar-refractivity contribution in [3.05, 3.63) is 0 Å². The zero-order valence-corrected chi connectivity index (χ0v) is 20.8. The van der Waals surface area contributed by atoms with E-state index >= 15 is 0 Å². The third-order valence-electron chi connectivity index (χ3n) is 10.7. The lowest BCUT2D eigenvalue weighted by Crippen LogP contribution is -2.52. The Morgan fingerprint density at radius 1 is 0.897 bits per heavy atom. The van der Waals surface area contributed by atoms with Gasteiger partial charge < -0.3 is 5.11 Å². The Hall–Kier alpha value is -0.0400. The van der Waals surface area contributed by atoms with Gasteiger partial charge in [-0.1, -0.05) is 67.2 Å². The van der Waals surface area contributed by atoms with Gasteiger partial charge in [0.15, 0.2) is 0 Å². The van der Waals surface area contributed by atoms with Crippen LogP contribution in [0.1, 0.15) is 119 Å². The molecule has 0 aliphatic heterocycles. The van der Waals surface area contributed by atoms with Crippen LogP contribution >= 0.6 is 0 Å². The first-order valence-electron chi connectivity index (χ1n) is 13.3. The van der Waals surface area contributed by atoms with Crippen molar-refractivity contribution in [2.75, 3.05) is 0 Å². The van der Waals surface area contributed by atoms with Gasteiger partial charge in [-0.2, -0.15) is 0 Å². The van der Waals surface area contributed by atoms with Crippen molar-refractivity contribution in [1.82, 2.24) is 0 Å². The maximum atomic E-state index is 10.1. The molecule has 0 aromatic heterocycles. The Morgan fingerprint density at radius 2 is 1.62 bits per heavy atom. The molecule has 9 atom stereocenters. The molecule has 0 aromatic rings. The van der Waals surface area contributed by atoms with Gasteiger partial charge in [-0.25, -0.2) is 0 Å². The van der Waals surface area contributed by atoms with E-state index in [1.165, 1.54) is 64.2 Å². The molecule has 3 aliphatic rings. The monoisotopic (exact) mass is 404 g/mol. The fourth-order valence-electron chi connectivity index (χ4n) is 8.91. The Bertz CT molecular complexity index is 524. The number of rotatable bonds is 8. The Labute approximate surface area is 182 Å². The molecule has 9 unspecified atom stereocenters. The number of hydrogen-bond acceptors (Lipinski definition) is 1. The predicted molar refractivity (Wildman–Crippen MR) is 126 cm³/mol. The average Bonchev–Trinajstić information content (AvgIpc) is 3.00. The SMILES string of the molecule is CCC1(C)C(CC(C)O)CCC2C1CCC1(C)C(C(C)CCCC(C)C)CCC21. The molecular weight excluding hydrogens is 352 g/mol. The van der Waals surface area contributed by atoms with E-state index in [0.29, 0.717) is 10.8 Å². The standard InChI is InChI=1S/C28H52O/c1-8-27(6)22(18-21(5)29)12-13-23-25-15-14-24(20(4)11-9-10-19(2)3)28(25,7)17-16-26(23)27/h19-26,29H,8-18H2,1-7H3. The van der Waals surface area contributed by atoms with Gasteiger partial charge in [0.25, 0.3) is 0 Å². The van der Waals surface area contributed by atoms with E-state index in [4.69, 9.17) is 0 Å². The molecule has 0 saturated heterocycles. The van der Waals surface area contributed by atoms with Gasteiger partial charge >= 0.3 is 0 Å². The summed E-state index contributed by atoms with van der Waals surface area (Å²) in [5.74, 6) is 6.28. The van der Waals surface area contributed by atoms with E-state index in [-0.39, 0.29) is 6.10 Å². The van der Waals surface area contributed by atoms with Crippen molar-refractivity contribution in [1.29, 1.82) is 0 Å². The summed E-state index contributed by atoms with van der Waals surface area (Å²) >= 11 is 0. The minimum atomic E-state index is -0.140. The van der Waals surface area contributed by atoms with Crippen LogP contribution in [0.2, 0.25) is 0 Å². The minimum Gasteiger partial charge on any atom is -0.393 e. The van der Waals surface area contributed by atoms with Crippen molar-refractivity contribution < 1.29 is 5.11 Å². The van der Waals surface area contributed by atoms with Crippen LogP contribution in [0.5, 0.6) is 0 Å². The van der Waals surface area contributed by atoms with Crippen molar-refractivity contribution in [3.63, 3.8) is 0 Å². The summed E-state index contributed by atoms with van der Waals surface area (Å²) in [6, 6.07) is 0. The molecule has 0 heterocycles. The highest BCUT2D eigenvalue weighted by molar-refractivity contribution is 5.08. The lowest BCUT2D eigenvalue weighted by Gasteiger charge is -2.59. The molecule has 3 saturated carbocycles. The van der Waals surface area contributed by atoms with Gasteiger partial charge in [0, 0.05) is 0 Å². The highest BCUT2D eigenvalue weighted by atomic mass is 16.3. The van der Waals surface area contributed by atoms with E-state index in [0.717, 1.165) is 47.8 Å². The quantitative estimate of drug-likeness (QED) is 0.433. The van der Waals surface area contributed by atoms with Gasteiger partial charge in [0.1, 0.15) is 0 Å². The van der Waals surface area contributed by atoms with Crippen LogP contribution < -0.4 is 0 Å². The molecule has 3 fully saturated rings. The Kier molecular flexibility index (Phi) is 7.51. The van der Waals surface area contributed by atoms with E-state index in [1.54, 1.807) is 0 Å². The molecule has 29 heavy (non-hydrogen) atoms. The summed E-state index contributed by atoms with van der Waals surface area (Å²) in [6.07, 6.45) is 15.2. The normalized spacial score (nSPS) is 44.4. The molecule has 3 rings (SSSR count). The highest BCUT2D eigenvalue weighted by Crippen LogP contribution is 2.67. The van der Waals surface area contributed by atoms with Crippen LogP contribution in [-0.4, -0.2) is 11.2 Å². The van der Waals surface area contributed by atoms with Crippen LogP contribution in [0.15, 0.2) is 0 Å². The van der Waals surface area contributed by atoms with Crippen LogP contribution in [0.3, 0.4) is 0 Å². The largest absolute Gasteiger partial charge is 0.393 e. The third-order valence-corrected chi connectivity index (χ3v) is 10.7. The van der Waals surface area contributed by atoms with Crippen LogP contribution in [-0.2, 0) is 0 Å².